The first-order chi connectivity index (χ1) is 9.72. The largest absolute Gasteiger partial charge is 0.330 e. The standard InChI is InChI=1S/C16H14N2S2/c1-18(14-10-6-3-7-11-14)16(19)20-15(12-17)13-8-4-2-5-9-13/h2-11,15H,1H3. The van der Waals surface area contributed by atoms with Gasteiger partial charge in [-0.15, -0.1) is 0 Å². The summed E-state index contributed by atoms with van der Waals surface area (Å²) in [6.45, 7) is 0. The van der Waals surface area contributed by atoms with Gasteiger partial charge in [-0.05, 0) is 17.7 Å². The molecule has 0 fully saturated rings. The lowest BCUT2D eigenvalue weighted by Gasteiger charge is -2.21. The Morgan fingerprint density at radius 2 is 1.65 bits per heavy atom. The summed E-state index contributed by atoms with van der Waals surface area (Å²) >= 11 is 6.84. The Bertz CT molecular complexity index is 605. The van der Waals surface area contributed by atoms with Gasteiger partial charge in [0.2, 0.25) is 0 Å². The summed E-state index contributed by atoms with van der Waals surface area (Å²) in [6.07, 6.45) is 0. The van der Waals surface area contributed by atoms with Crippen LogP contribution in [0.3, 0.4) is 0 Å². The van der Waals surface area contributed by atoms with Crippen molar-refractivity contribution in [2.45, 2.75) is 5.25 Å². The molecule has 4 heteroatoms. The van der Waals surface area contributed by atoms with Gasteiger partial charge in [0.1, 0.15) is 9.57 Å². The Morgan fingerprint density at radius 3 is 2.20 bits per heavy atom. The van der Waals surface area contributed by atoms with Crippen LogP contribution in [0.15, 0.2) is 60.7 Å². The van der Waals surface area contributed by atoms with Crippen LogP contribution in [0, 0.1) is 11.3 Å². The average molecular weight is 298 g/mol. The fourth-order valence-electron chi connectivity index (χ4n) is 1.73. The van der Waals surface area contributed by atoms with Gasteiger partial charge in [0.05, 0.1) is 6.07 Å². The molecule has 0 heterocycles. The number of hydrogen-bond donors (Lipinski definition) is 0. The molecule has 100 valence electrons. The van der Waals surface area contributed by atoms with E-state index in [-0.39, 0.29) is 5.25 Å². The van der Waals surface area contributed by atoms with E-state index in [0.717, 1.165) is 11.3 Å². The molecule has 2 rings (SSSR count). The topological polar surface area (TPSA) is 27.0 Å². The molecule has 20 heavy (non-hydrogen) atoms. The Hall–Kier alpha value is -1.83. The molecule has 2 aromatic carbocycles. The fourth-order valence-corrected chi connectivity index (χ4v) is 2.94. The molecule has 0 aliphatic rings. The molecule has 0 saturated heterocycles. The second-order valence-corrected chi connectivity index (χ2v) is 5.94. The quantitative estimate of drug-likeness (QED) is 0.785. The number of anilines is 1. The van der Waals surface area contributed by atoms with E-state index >= 15 is 0 Å². The summed E-state index contributed by atoms with van der Waals surface area (Å²) in [5.41, 5.74) is 2.00. The third-order valence-electron chi connectivity index (χ3n) is 2.86. The highest BCUT2D eigenvalue weighted by molar-refractivity contribution is 8.23. The molecule has 0 N–H and O–H groups in total. The van der Waals surface area contributed by atoms with Crippen LogP contribution >= 0.6 is 24.0 Å². The monoisotopic (exact) mass is 298 g/mol. The van der Waals surface area contributed by atoms with Crippen LogP contribution in [0.2, 0.25) is 0 Å². The van der Waals surface area contributed by atoms with Crippen LogP contribution < -0.4 is 4.90 Å². The summed E-state index contributed by atoms with van der Waals surface area (Å²) in [5.74, 6) is 0. The van der Waals surface area contributed by atoms with Crippen LogP contribution in [0.1, 0.15) is 10.8 Å². The molecule has 0 spiro atoms. The van der Waals surface area contributed by atoms with Crippen molar-refractivity contribution < 1.29 is 0 Å². The van der Waals surface area contributed by atoms with E-state index in [1.165, 1.54) is 11.8 Å². The maximum absolute atomic E-state index is 9.33. The van der Waals surface area contributed by atoms with Crippen molar-refractivity contribution in [3.63, 3.8) is 0 Å². The Kier molecular flexibility index (Phi) is 5.16. The van der Waals surface area contributed by atoms with Crippen molar-refractivity contribution >= 4 is 34.0 Å². The minimum Gasteiger partial charge on any atom is -0.330 e. The maximum atomic E-state index is 9.33. The summed E-state index contributed by atoms with van der Waals surface area (Å²) < 4.78 is 0.687. The highest BCUT2D eigenvalue weighted by Gasteiger charge is 2.16. The van der Waals surface area contributed by atoms with Gasteiger partial charge in [0, 0.05) is 12.7 Å². The highest BCUT2D eigenvalue weighted by Crippen LogP contribution is 2.31. The van der Waals surface area contributed by atoms with E-state index in [0.29, 0.717) is 4.32 Å². The van der Waals surface area contributed by atoms with Gasteiger partial charge < -0.3 is 4.90 Å². The SMILES string of the molecule is CN(C(=S)SC(C#N)c1ccccc1)c1ccccc1. The van der Waals surface area contributed by atoms with Gasteiger partial charge in [0.15, 0.2) is 0 Å². The van der Waals surface area contributed by atoms with Crippen molar-refractivity contribution in [1.82, 2.24) is 0 Å². The number of thioether (sulfide) groups is 1. The van der Waals surface area contributed by atoms with Gasteiger partial charge in [-0.25, -0.2) is 0 Å². The summed E-state index contributed by atoms with van der Waals surface area (Å²) in [7, 11) is 1.92. The number of rotatable bonds is 3. The van der Waals surface area contributed by atoms with Gasteiger partial charge in [-0.2, -0.15) is 5.26 Å². The van der Waals surface area contributed by atoms with Crippen LogP contribution in [-0.4, -0.2) is 11.4 Å². The number of benzene rings is 2. The number of nitrogens with zero attached hydrogens (tertiary/aromatic N) is 2. The predicted octanol–water partition coefficient (Wildman–Crippen LogP) is 4.41. The zero-order valence-electron chi connectivity index (χ0n) is 11.1. The molecule has 0 amide bonds. The number of nitriles is 1. The Labute approximate surface area is 129 Å². The van der Waals surface area contributed by atoms with Crippen molar-refractivity contribution in [3.05, 3.63) is 66.2 Å². The number of para-hydroxylation sites is 1. The second-order valence-electron chi connectivity index (χ2n) is 4.20. The molecule has 0 saturated carbocycles. The van der Waals surface area contributed by atoms with Crippen molar-refractivity contribution in [2.75, 3.05) is 11.9 Å². The first-order valence-electron chi connectivity index (χ1n) is 6.16. The molecule has 2 aromatic rings. The molecule has 0 radical (unpaired) electrons. The smallest absolute Gasteiger partial charge is 0.142 e. The summed E-state index contributed by atoms with van der Waals surface area (Å²) in [6, 6.07) is 21.9. The third kappa shape index (κ3) is 3.60. The van der Waals surface area contributed by atoms with E-state index in [2.05, 4.69) is 6.07 Å². The second kappa shape index (κ2) is 7.09. The zero-order valence-corrected chi connectivity index (χ0v) is 12.7. The molecule has 1 atom stereocenters. The average Bonchev–Trinajstić information content (AvgIpc) is 2.53. The minimum atomic E-state index is -0.283. The summed E-state index contributed by atoms with van der Waals surface area (Å²) in [4.78, 5) is 1.92. The van der Waals surface area contributed by atoms with E-state index in [1.54, 1.807) is 0 Å². The molecule has 0 aliphatic heterocycles. The molecule has 1 unspecified atom stereocenters. The Balaban J connectivity index is 2.09. The number of hydrogen-bond acceptors (Lipinski definition) is 3. The maximum Gasteiger partial charge on any atom is 0.142 e. The highest BCUT2D eigenvalue weighted by atomic mass is 32.2. The lowest BCUT2D eigenvalue weighted by molar-refractivity contribution is 1.23. The van der Waals surface area contributed by atoms with E-state index in [9.17, 15) is 5.26 Å². The van der Waals surface area contributed by atoms with E-state index in [4.69, 9.17) is 12.2 Å². The van der Waals surface area contributed by atoms with E-state index < -0.39 is 0 Å². The third-order valence-corrected chi connectivity index (χ3v) is 4.51. The normalized spacial score (nSPS) is 11.4. The van der Waals surface area contributed by atoms with Crippen molar-refractivity contribution in [1.29, 1.82) is 5.26 Å². The first kappa shape index (κ1) is 14.6. The zero-order chi connectivity index (χ0) is 14.4. The molecule has 2 nitrogen and oxygen atoms in total. The Morgan fingerprint density at radius 1 is 1.10 bits per heavy atom. The van der Waals surface area contributed by atoms with Gasteiger partial charge in [0.25, 0.3) is 0 Å². The lowest BCUT2D eigenvalue weighted by Crippen LogP contribution is -2.22. The summed E-state index contributed by atoms with van der Waals surface area (Å²) in [5, 5.41) is 9.05. The number of thiocarbonyl (C=S) groups is 1. The molecule has 0 aliphatic carbocycles. The molecule has 0 aromatic heterocycles. The lowest BCUT2D eigenvalue weighted by atomic mass is 10.2. The predicted molar refractivity (Wildman–Crippen MR) is 89.8 cm³/mol. The first-order valence-corrected chi connectivity index (χ1v) is 7.45. The fraction of sp³-hybridized carbons (Fsp3) is 0.125. The van der Waals surface area contributed by atoms with Gasteiger partial charge >= 0.3 is 0 Å². The van der Waals surface area contributed by atoms with Crippen LogP contribution in [0.25, 0.3) is 0 Å². The molecular weight excluding hydrogens is 284 g/mol. The van der Waals surface area contributed by atoms with Crippen LogP contribution in [0.5, 0.6) is 0 Å². The molecular formula is C16H14N2S2. The van der Waals surface area contributed by atoms with E-state index in [1.807, 2.05) is 72.6 Å². The van der Waals surface area contributed by atoms with Crippen molar-refractivity contribution in [3.8, 4) is 6.07 Å². The van der Waals surface area contributed by atoms with Crippen molar-refractivity contribution in [2.24, 2.45) is 0 Å². The van der Waals surface area contributed by atoms with Gasteiger partial charge in [-0.3, -0.25) is 0 Å². The van der Waals surface area contributed by atoms with Crippen LogP contribution in [0.4, 0.5) is 5.69 Å². The minimum absolute atomic E-state index is 0.283. The van der Waals surface area contributed by atoms with Gasteiger partial charge in [-0.1, -0.05) is 72.5 Å². The molecule has 0 bridgehead atoms. The van der Waals surface area contributed by atoms with Crippen LogP contribution in [-0.2, 0) is 0 Å².